The van der Waals surface area contributed by atoms with Crippen molar-refractivity contribution in [2.24, 2.45) is 7.05 Å². The number of nitrogens with one attached hydrogen (secondary N) is 1. The lowest BCUT2D eigenvalue weighted by atomic mass is 9.84. The lowest BCUT2D eigenvalue weighted by Gasteiger charge is -2.38. The first-order valence-electron chi connectivity index (χ1n) is 6.80. The monoisotopic (exact) mass is 252 g/mol. The fourth-order valence-corrected chi connectivity index (χ4v) is 3.18. The maximum absolute atomic E-state index is 5.96. The predicted octanol–water partition coefficient (Wildman–Crippen LogP) is 1.81. The summed E-state index contributed by atoms with van der Waals surface area (Å²) in [4.78, 5) is 0. The molecule has 1 aromatic heterocycles. The molecule has 1 aliphatic rings. The molecule has 5 heteroatoms. The molecule has 1 aliphatic carbocycles. The van der Waals surface area contributed by atoms with Crippen LogP contribution in [0, 0.1) is 0 Å². The second-order valence-electron chi connectivity index (χ2n) is 5.19. The molecule has 0 aliphatic heterocycles. The lowest BCUT2D eigenvalue weighted by molar-refractivity contribution is -0.0541. The van der Waals surface area contributed by atoms with Crippen LogP contribution in [0.25, 0.3) is 0 Å². The minimum Gasteiger partial charge on any atom is -0.376 e. The van der Waals surface area contributed by atoms with Crippen molar-refractivity contribution in [3.8, 4) is 0 Å². The average Bonchev–Trinajstić information content (AvgIpc) is 2.67. The van der Waals surface area contributed by atoms with Gasteiger partial charge in [0.05, 0.1) is 23.5 Å². The van der Waals surface area contributed by atoms with Gasteiger partial charge in [0, 0.05) is 14.2 Å². The SMILES string of the molecule is CNC(c1cnnn1C)C1(OC)CCCCCC1. The van der Waals surface area contributed by atoms with Gasteiger partial charge in [0.1, 0.15) is 0 Å². The molecule has 18 heavy (non-hydrogen) atoms. The van der Waals surface area contributed by atoms with Crippen molar-refractivity contribution in [3.05, 3.63) is 11.9 Å². The van der Waals surface area contributed by atoms with Crippen LogP contribution in [0.2, 0.25) is 0 Å². The zero-order valence-electron chi connectivity index (χ0n) is 11.6. The van der Waals surface area contributed by atoms with Crippen LogP contribution in [-0.2, 0) is 11.8 Å². The number of aryl methyl sites for hydroxylation is 1. The molecule has 5 nitrogen and oxygen atoms in total. The molecule has 0 bridgehead atoms. The van der Waals surface area contributed by atoms with Crippen molar-refractivity contribution in [2.45, 2.75) is 50.2 Å². The summed E-state index contributed by atoms with van der Waals surface area (Å²) < 4.78 is 7.80. The topological polar surface area (TPSA) is 52.0 Å². The Labute approximate surface area is 109 Å². The van der Waals surface area contributed by atoms with E-state index in [1.165, 1.54) is 25.7 Å². The van der Waals surface area contributed by atoms with Gasteiger partial charge in [-0.1, -0.05) is 30.9 Å². The molecular formula is C13H24N4O. The van der Waals surface area contributed by atoms with Crippen LogP contribution in [0.5, 0.6) is 0 Å². The van der Waals surface area contributed by atoms with Gasteiger partial charge < -0.3 is 10.1 Å². The van der Waals surface area contributed by atoms with Crippen LogP contribution < -0.4 is 5.32 Å². The Hall–Kier alpha value is -0.940. The minimum atomic E-state index is -0.124. The normalized spacial score (nSPS) is 21.5. The molecule has 0 amide bonds. The molecule has 1 atom stereocenters. The van der Waals surface area contributed by atoms with Crippen LogP contribution in [0.4, 0.5) is 0 Å². The van der Waals surface area contributed by atoms with Crippen LogP contribution >= 0.6 is 0 Å². The van der Waals surface area contributed by atoms with Crippen LogP contribution in [0.3, 0.4) is 0 Å². The number of hydrogen-bond donors (Lipinski definition) is 1. The summed E-state index contributed by atoms with van der Waals surface area (Å²) in [6.07, 6.45) is 9.12. The highest BCUT2D eigenvalue weighted by atomic mass is 16.5. The highest BCUT2D eigenvalue weighted by molar-refractivity contribution is 5.10. The summed E-state index contributed by atoms with van der Waals surface area (Å²) in [5.74, 6) is 0. The molecule has 0 saturated heterocycles. The Kier molecular flexibility index (Phi) is 4.35. The summed E-state index contributed by atoms with van der Waals surface area (Å²) in [5.41, 5.74) is 0.974. The molecule has 0 spiro atoms. The largest absolute Gasteiger partial charge is 0.376 e. The van der Waals surface area contributed by atoms with Gasteiger partial charge in [-0.3, -0.25) is 4.68 Å². The van der Waals surface area contributed by atoms with E-state index in [1.807, 2.05) is 32.1 Å². The summed E-state index contributed by atoms with van der Waals surface area (Å²) in [5, 5.41) is 11.4. The Morgan fingerprint density at radius 1 is 1.33 bits per heavy atom. The third-order valence-electron chi connectivity index (χ3n) is 4.22. The number of ether oxygens (including phenoxy) is 1. The van der Waals surface area contributed by atoms with Gasteiger partial charge in [0.25, 0.3) is 0 Å². The van der Waals surface area contributed by atoms with E-state index in [4.69, 9.17) is 4.74 Å². The van der Waals surface area contributed by atoms with Crippen LogP contribution in [0.1, 0.15) is 50.3 Å². The lowest BCUT2D eigenvalue weighted by Crippen LogP contribution is -2.45. The van der Waals surface area contributed by atoms with Crippen molar-refractivity contribution < 1.29 is 4.74 Å². The van der Waals surface area contributed by atoms with E-state index in [9.17, 15) is 0 Å². The first-order chi connectivity index (χ1) is 8.73. The number of methoxy groups -OCH3 is 1. The second kappa shape index (κ2) is 5.80. The predicted molar refractivity (Wildman–Crippen MR) is 70.2 cm³/mol. The van der Waals surface area contributed by atoms with Crippen molar-refractivity contribution in [2.75, 3.05) is 14.2 Å². The molecule has 1 unspecified atom stereocenters. The van der Waals surface area contributed by atoms with Gasteiger partial charge in [-0.2, -0.15) is 0 Å². The summed E-state index contributed by atoms with van der Waals surface area (Å²) in [6, 6.07) is 0.153. The number of hydrogen-bond acceptors (Lipinski definition) is 4. The molecule has 1 heterocycles. The fourth-order valence-electron chi connectivity index (χ4n) is 3.18. The molecule has 1 saturated carbocycles. The van der Waals surface area contributed by atoms with E-state index >= 15 is 0 Å². The number of aromatic nitrogens is 3. The first kappa shape index (κ1) is 13.5. The average molecular weight is 252 g/mol. The fraction of sp³-hybridized carbons (Fsp3) is 0.846. The Morgan fingerprint density at radius 2 is 2.00 bits per heavy atom. The van der Waals surface area contributed by atoms with Crippen molar-refractivity contribution in [1.29, 1.82) is 0 Å². The summed E-state index contributed by atoms with van der Waals surface area (Å²) in [7, 11) is 5.76. The smallest absolute Gasteiger partial charge is 0.0888 e. The maximum atomic E-state index is 5.96. The van der Waals surface area contributed by atoms with E-state index in [0.717, 1.165) is 18.5 Å². The van der Waals surface area contributed by atoms with Gasteiger partial charge in [-0.25, -0.2) is 0 Å². The van der Waals surface area contributed by atoms with Crippen molar-refractivity contribution in [3.63, 3.8) is 0 Å². The Bertz CT molecular complexity index is 369. The first-order valence-corrected chi connectivity index (χ1v) is 6.80. The second-order valence-corrected chi connectivity index (χ2v) is 5.19. The third kappa shape index (κ3) is 2.42. The number of nitrogens with zero attached hydrogens (tertiary/aromatic N) is 3. The number of likely N-dealkylation sites (N-methyl/N-ethyl adjacent to an activating group) is 1. The zero-order chi connectivity index (χ0) is 13.0. The Balaban J connectivity index is 2.30. The molecular weight excluding hydrogens is 228 g/mol. The Morgan fingerprint density at radius 3 is 2.44 bits per heavy atom. The summed E-state index contributed by atoms with van der Waals surface area (Å²) >= 11 is 0. The molecule has 102 valence electrons. The van der Waals surface area contributed by atoms with Crippen LogP contribution in [0.15, 0.2) is 6.20 Å². The minimum absolute atomic E-state index is 0.124. The van der Waals surface area contributed by atoms with E-state index in [0.29, 0.717) is 0 Å². The molecule has 2 rings (SSSR count). The molecule has 0 radical (unpaired) electrons. The quantitative estimate of drug-likeness (QED) is 0.830. The van der Waals surface area contributed by atoms with Gasteiger partial charge >= 0.3 is 0 Å². The summed E-state index contributed by atoms with van der Waals surface area (Å²) in [6.45, 7) is 0. The molecule has 1 aromatic rings. The van der Waals surface area contributed by atoms with Gasteiger partial charge in [-0.05, 0) is 19.9 Å². The van der Waals surface area contributed by atoms with Crippen molar-refractivity contribution >= 4 is 0 Å². The van der Waals surface area contributed by atoms with Gasteiger partial charge in [0.2, 0.25) is 0 Å². The van der Waals surface area contributed by atoms with Crippen molar-refractivity contribution in [1.82, 2.24) is 20.3 Å². The van der Waals surface area contributed by atoms with Gasteiger partial charge in [-0.15, -0.1) is 5.10 Å². The standard InChI is InChI=1S/C13H24N4O/c1-14-12(11-10-15-16-17(11)2)13(18-3)8-6-4-5-7-9-13/h10,12,14H,4-9H2,1-3H3. The highest BCUT2D eigenvalue weighted by Crippen LogP contribution is 2.39. The molecule has 1 N–H and O–H groups in total. The van der Waals surface area contributed by atoms with E-state index in [2.05, 4.69) is 15.6 Å². The van der Waals surface area contributed by atoms with Gasteiger partial charge in [0.15, 0.2) is 0 Å². The van der Waals surface area contributed by atoms with E-state index < -0.39 is 0 Å². The van der Waals surface area contributed by atoms with Crippen LogP contribution in [-0.4, -0.2) is 34.8 Å². The van der Waals surface area contributed by atoms with E-state index in [-0.39, 0.29) is 11.6 Å². The third-order valence-corrected chi connectivity index (χ3v) is 4.22. The number of rotatable bonds is 4. The van der Waals surface area contributed by atoms with E-state index in [1.54, 1.807) is 0 Å². The molecule has 0 aromatic carbocycles. The maximum Gasteiger partial charge on any atom is 0.0888 e. The zero-order valence-corrected chi connectivity index (χ0v) is 11.6. The molecule has 1 fully saturated rings. The highest BCUT2D eigenvalue weighted by Gasteiger charge is 2.40.